The second-order valence-corrected chi connectivity index (χ2v) is 7.27. The minimum Gasteiger partial charge on any atom is -0.382 e. The van der Waals surface area contributed by atoms with Crippen molar-refractivity contribution in [2.75, 3.05) is 18.0 Å². The van der Waals surface area contributed by atoms with E-state index in [2.05, 4.69) is 32.0 Å². The van der Waals surface area contributed by atoms with Crippen molar-refractivity contribution in [3.05, 3.63) is 41.6 Å². The van der Waals surface area contributed by atoms with Crippen LogP contribution in [-0.4, -0.2) is 48.2 Å². The van der Waals surface area contributed by atoms with E-state index < -0.39 is 0 Å². The first kappa shape index (κ1) is 20.3. The van der Waals surface area contributed by atoms with Crippen LogP contribution < -0.4 is 11.1 Å². The van der Waals surface area contributed by atoms with Crippen LogP contribution in [0.25, 0.3) is 5.69 Å². The van der Waals surface area contributed by atoms with Gasteiger partial charge in [0.1, 0.15) is 17.5 Å². The summed E-state index contributed by atoms with van der Waals surface area (Å²) in [5.74, 6) is 0.881. The normalized spacial score (nSPS) is 10.6. The fourth-order valence-electron chi connectivity index (χ4n) is 2.69. The third-order valence-corrected chi connectivity index (χ3v) is 5.17. The zero-order valence-electron chi connectivity index (χ0n) is 15.9. The third-order valence-electron chi connectivity index (χ3n) is 4.16. The van der Waals surface area contributed by atoms with Crippen molar-refractivity contribution in [1.82, 2.24) is 35.3 Å². The van der Waals surface area contributed by atoms with Crippen molar-refractivity contribution in [1.29, 1.82) is 5.26 Å². The molecule has 0 saturated carbocycles. The number of amides is 1. The number of aryl methyl sites for hydroxylation is 2. The molecule has 0 spiro atoms. The van der Waals surface area contributed by atoms with E-state index in [9.17, 15) is 10.1 Å². The molecule has 0 bridgehead atoms. The van der Waals surface area contributed by atoms with E-state index in [1.165, 1.54) is 11.8 Å². The highest BCUT2D eigenvalue weighted by Crippen LogP contribution is 2.21. The maximum atomic E-state index is 12.0. The highest BCUT2D eigenvalue weighted by molar-refractivity contribution is 7.99. The predicted molar refractivity (Wildman–Crippen MR) is 108 cm³/mol. The molecule has 11 heteroatoms. The van der Waals surface area contributed by atoms with Crippen molar-refractivity contribution in [2.45, 2.75) is 24.4 Å². The summed E-state index contributed by atoms with van der Waals surface area (Å²) in [6.07, 6.45) is 1.58. The number of anilines is 1. The van der Waals surface area contributed by atoms with Crippen molar-refractivity contribution in [3.63, 3.8) is 0 Å². The Morgan fingerprint density at radius 3 is 2.83 bits per heavy atom. The Morgan fingerprint density at radius 2 is 2.14 bits per heavy atom. The van der Waals surface area contributed by atoms with Crippen LogP contribution in [0.4, 0.5) is 5.82 Å². The number of nitrogens with one attached hydrogen (secondary N) is 1. The molecule has 10 nitrogen and oxygen atoms in total. The molecule has 0 aliphatic heterocycles. The minimum absolute atomic E-state index is 0.0394. The maximum absolute atomic E-state index is 12.0. The fraction of sp³-hybridized carbons (Fsp3) is 0.333. The molecule has 0 fully saturated rings. The molecule has 3 aromatic rings. The summed E-state index contributed by atoms with van der Waals surface area (Å²) in [5.41, 5.74) is 7.91. The summed E-state index contributed by atoms with van der Waals surface area (Å²) in [6, 6.07) is 11.6. The molecule has 2 aromatic heterocycles. The van der Waals surface area contributed by atoms with E-state index >= 15 is 0 Å². The second-order valence-electron chi connectivity index (χ2n) is 6.20. The molecule has 29 heavy (non-hydrogen) atoms. The van der Waals surface area contributed by atoms with E-state index in [0.717, 1.165) is 5.69 Å². The van der Waals surface area contributed by atoms with Crippen LogP contribution in [0.1, 0.15) is 24.1 Å². The molecule has 1 aromatic carbocycles. The lowest BCUT2D eigenvalue weighted by Crippen LogP contribution is -2.25. The molecule has 2 heterocycles. The Bertz CT molecular complexity index is 1010. The van der Waals surface area contributed by atoms with Gasteiger partial charge in [0.05, 0.1) is 11.4 Å². The molecular weight excluding hydrogens is 390 g/mol. The lowest BCUT2D eigenvalue weighted by molar-refractivity contribution is -0.120. The fourth-order valence-corrected chi connectivity index (χ4v) is 3.48. The van der Waals surface area contributed by atoms with Crippen LogP contribution in [0, 0.1) is 11.3 Å². The number of nitrogens with two attached hydrogens (primary N) is 1. The van der Waals surface area contributed by atoms with Crippen molar-refractivity contribution >= 4 is 23.5 Å². The summed E-state index contributed by atoms with van der Waals surface area (Å²) in [4.78, 5) is 12.0. The second kappa shape index (κ2) is 9.70. The summed E-state index contributed by atoms with van der Waals surface area (Å²) >= 11 is 1.43. The average Bonchev–Trinajstić information content (AvgIpc) is 3.28. The van der Waals surface area contributed by atoms with Crippen LogP contribution in [0.5, 0.6) is 0 Å². The number of nitrogen functional groups attached to an aromatic ring is 1. The number of hydrogen-bond donors (Lipinski definition) is 2. The smallest absolute Gasteiger partial charge is 0.220 e. The van der Waals surface area contributed by atoms with Crippen LogP contribution in [0.3, 0.4) is 0 Å². The summed E-state index contributed by atoms with van der Waals surface area (Å²) < 4.78 is 3.14. The summed E-state index contributed by atoms with van der Waals surface area (Å²) in [5, 5.41) is 28.6. The van der Waals surface area contributed by atoms with Gasteiger partial charge in [-0.05, 0) is 35.4 Å². The first-order valence-electron chi connectivity index (χ1n) is 9.05. The molecular formula is C18H21N9OS. The number of benzene rings is 1. The van der Waals surface area contributed by atoms with E-state index in [0.29, 0.717) is 53.8 Å². The Hall–Kier alpha value is -3.39. The Labute approximate surface area is 172 Å². The molecule has 0 aliphatic carbocycles. The van der Waals surface area contributed by atoms with Gasteiger partial charge in [0.2, 0.25) is 11.1 Å². The first-order chi connectivity index (χ1) is 14.1. The number of hydrogen-bond acceptors (Lipinski definition) is 8. The van der Waals surface area contributed by atoms with Gasteiger partial charge in [-0.3, -0.25) is 4.79 Å². The van der Waals surface area contributed by atoms with E-state index in [-0.39, 0.29) is 5.91 Å². The van der Waals surface area contributed by atoms with Gasteiger partial charge in [-0.15, -0.1) is 5.10 Å². The standard InChI is InChI=1S/C18H21N9OS/c1-26-18(22-24-25-26)29-11-9-16(28)21-10-5-8-15-14(12-19)17(20)27(23-15)13-6-3-2-4-7-13/h2-4,6-7H,5,8-11,20H2,1H3,(H,21,28). The highest BCUT2D eigenvalue weighted by Gasteiger charge is 2.16. The Kier molecular flexibility index (Phi) is 6.80. The van der Waals surface area contributed by atoms with Crippen LogP contribution in [0.15, 0.2) is 35.5 Å². The number of nitrogens with zero attached hydrogens (tertiary/aromatic N) is 7. The minimum atomic E-state index is -0.0394. The van der Waals surface area contributed by atoms with Crippen LogP contribution >= 0.6 is 11.8 Å². The van der Waals surface area contributed by atoms with Gasteiger partial charge in [0.25, 0.3) is 0 Å². The number of rotatable bonds is 9. The van der Waals surface area contributed by atoms with Gasteiger partial charge >= 0.3 is 0 Å². The van der Waals surface area contributed by atoms with Gasteiger partial charge in [0, 0.05) is 25.8 Å². The van der Waals surface area contributed by atoms with Gasteiger partial charge in [0.15, 0.2) is 0 Å². The van der Waals surface area contributed by atoms with Gasteiger partial charge < -0.3 is 11.1 Å². The molecule has 0 radical (unpaired) electrons. The number of carbonyl (C=O) groups excluding carboxylic acids is 1. The molecule has 3 rings (SSSR count). The zero-order chi connectivity index (χ0) is 20.6. The number of nitriles is 1. The molecule has 0 aliphatic rings. The first-order valence-corrected chi connectivity index (χ1v) is 10.0. The zero-order valence-corrected chi connectivity index (χ0v) is 16.8. The van der Waals surface area contributed by atoms with Crippen LogP contribution in [0.2, 0.25) is 0 Å². The molecule has 3 N–H and O–H groups in total. The Morgan fingerprint density at radius 1 is 1.34 bits per heavy atom. The number of aromatic nitrogens is 6. The van der Waals surface area contributed by atoms with Crippen molar-refractivity contribution in [3.8, 4) is 11.8 Å². The van der Waals surface area contributed by atoms with Gasteiger partial charge in [-0.2, -0.15) is 10.4 Å². The largest absolute Gasteiger partial charge is 0.382 e. The van der Waals surface area contributed by atoms with Gasteiger partial charge in [-0.1, -0.05) is 30.0 Å². The number of para-hydroxylation sites is 1. The molecule has 0 unspecified atom stereocenters. The summed E-state index contributed by atoms with van der Waals surface area (Å²) in [6.45, 7) is 0.498. The number of carbonyl (C=O) groups is 1. The summed E-state index contributed by atoms with van der Waals surface area (Å²) in [7, 11) is 1.75. The maximum Gasteiger partial charge on any atom is 0.220 e. The van der Waals surface area contributed by atoms with E-state index in [4.69, 9.17) is 5.73 Å². The Balaban J connectivity index is 1.46. The van der Waals surface area contributed by atoms with Crippen molar-refractivity contribution in [2.24, 2.45) is 7.05 Å². The molecule has 0 saturated heterocycles. The van der Waals surface area contributed by atoms with E-state index in [1.807, 2.05) is 30.3 Å². The van der Waals surface area contributed by atoms with Gasteiger partial charge in [-0.25, -0.2) is 9.36 Å². The lowest BCUT2D eigenvalue weighted by Gasteiger charge is -2.04. The number of thioether (sulfide) groups is 1. The van der Waals surface area contributed by atoms with Crippen LogP contribution in [-0.2, 0) is 18.3 Å². The molecule has 0 atom stereocenters. The quantitative estimate of drug-likeness (QED) is 0.394. The molecule has 1 amide bonds. The third kappa shape index (κ3) is 5.11. The predicted octanol–water partition coefficient (Wildman–Crippen LogP) is 1.08. The highest BCUT2D eigenvalue weighted by atomic mass is 32.2. The topological polar surface area (TPSA) is 140 Å². The number of tetrazole rings is 1. The van der Waals surface area contributed by atoms with Crippen molar-refractivity contribution < 1.29 is 4.79 Å². The van der Waals surface area contributed by atoms with E-state index in [1.54, 1.807) is 16.4 Å². The lowest BCUT2D eigenvalue weighted by atomic mass is 10.1. The SMILES string of the molecule is Cn1nnnc1SCCC(=O)NCCCc1nn(-c2ccccc2)c(N)c1C#N. The monoisotopic (exact) mass is 411 g/mol. The average molecular weight is 411 g/mol. The molecule has 150 valence electrons.